The maximum atomic E-state index is 14.3. The summed E-state index contributed by atoms with van der Waals surface area (Å²) < 4.78 is 29.2. The van der Waals surface area contributed by atoms with Crippen LogP contribution in [0.4, 0.5) is 5.69 Å². The molecule has 1 aliphatic rings. The minimum Gasteiger partial charge on any atom is -0.352 e. The largest absolute Gasteiger partial charge is 0.352 e. The number of carbonyl (C=O) groups excluding carboxylic acids is 2. The van der Waals surface area contributed by atoms with Gasteiger partial charge >= 0.3 is 0 Å². The van der Waals surface area contributed by atoms with E-state index in [2.05, 4.69) is 5.32 Å². The summed E-state index contributed by atoms with van der Waals surface area (Å²) in [5.74, 6) is -0.772. The molecule has 1 unspecified atom stereocenters. The lowest BCUT2D eigenvalue weighted by molar-refractivity contribution is -0.140. The second-order valence-electron chi connectivity index (χ2n) is 11.1. The standard InChI is InChI=1S/C33H39Cl2N3O4S/c1-4-31(33(40)36-27-11-7-5-8-12-27)37(21-25-16-17-26(34)20-30(25)35)32(39)22-38(28-18-15-23(2)24(3)19-28)43(41,42)29-13-9-6-10-14-29/h6,9-10,13-20,27,31H,4-5,7-8,11-12,21-22H2,1-3H3,(H,36,40). The van der Waals surface area contributed by atoms with Crippen LogP contribution in [0.1, 0.15) is 62.1 Å². The van der Waals surface area contributed by atoms with Gasteiger partial charge in [-0.05, 0) is 86.2 Å². The van der Waals surface area contributed by atoms with E-state index in [0.717, 1.165) is 47.5 Å². The predicted molar refractivity (Wildman–Crippen MR) is 173 cm³/mol. The van der Waals surface area contributed by atoms with Crippen LogP contribution in [0.25, 0.3) is 0 Å². The molecule has 3 aromatic carbocycles. The molecule has 230 valence electrons. The maximum absolute atomic E-state index is 14.3. The molecule has 1 saturated carbocycles. The summed E-state index contributed by atoms with van der Waals surface area (Å²) in [5.41, 5.74) is 2.86. The van der Waals surface area contributed by atoms with Gasteiger partial charge in [-0.1, -0.05) is 79.7 Å². The zero-order valence-electron chi connectivity index (χ0n) is 24.9. The van der Waals surface area contributed by atoms with Crippen LogP contribution < -0.4 is 9.62 Å². The van der Waals surface area contributed by atoms with Gasteiger partial charge in [-0.3, -0.25) is 13.9 Å². The molecule has 0 heterocycles. The van der Waals surface area contributed by atoms with E-state index in [-0.39, 0.29) is 23.4 Å². The molecule has 0 saturated heterocycles. The molecule has 0 bridgehead atoms. The van der Waals surface area contributed by atoms with Crippen molar-refractivity contribution in [3.05, 3.63) is 93.5 Å². The minimum atomic E-state index is -4.13. The molecule has 7 nitrogen and oxygen atoms in total. The Morgan fingerprint density at radius 1 is 0.930 bits per heavy atom. The van der Waals surface area contributed by atoms with Crippen LogP contribution in [0.3, 0.4) is 0 Å². The fourth-order valence-corrected chi connectivity index (χ4v) is 7.32. The Balaban J connectivity index is 1.73. The summed E-state index contributed by atoms with van der Waals surface area (Å²) in [6, 6.07) is 17.5. The second-order valence-corrected chi connectivity index (χ2v) is 13.8. The first kappa shape index (κ1) is 32.8. The normalized spacial score (nSPS) is 14.6. The van der Waals surface area contributed by atoms with Crippen LogP contribution in [0.2, 0.25) is 10.0 Å². The third kappa shape index (κ3) is 8.11. The molecule has 4 rings (SSSR count). The number of aryl methyl sites for hydroxylation is 2. The number of sulfonamides is 1. The number of amides is 2. The van der Waals surface area contributed by atoms with E-state index in [1.807, 2.05) is 26.8 Å². The zero-order chi connectivity index (χ0) is 31.1. The third-order valence-corrected chi connectivity index (χ3v) is 10.5. The zero-order valence-corrected chi connectivity index (χ0v) is 27.2. The lowest BCUT2D eigenvalue weighted by Gasteiger charge is -2.34. The van der Waals surface area contributed by atoms with Crippen molar-refractivity contribution in [3.63, 3.8) is 0 Å². The highest BCUT2D eigenvalue weighted by molar-refractivity contribution is 7.92. The number of hydrogen-bond donors (Lipinski definition) is 1. The van der Waals surface area contributed by atoms with Gasteiger partial charge in [-0.25, -0.2) is 8.42 Å². The number of halogens is 2. The molecule has 1 atom stereocenters. The van der Waals surface area contributed by atoms with Gasteiger partial charge < -0.3 is 10.2 Å². The number of benzene rings is 3. The van der Waals surface area contributed by atoms with Crippen molar-refractivity contribution in [3.8, 4) is 0 Å². The van der Waals surface area contributed by atoms with Crippen LogP contribution in [-0.4, -0.2) is 43.8 Å². The molecule has 0 aromatic heterocycles. The van der Waals surface area contributed by atoms with Gasteiger partial charge in [-0.15, -0.1) is 0 Å². The fourth-order valence-electron chi connectivity index (χ4n) is 5.43. The van der Waals surface area contributed by atoms with Gasteiger partial charge in [0.05, 0.1) is 10.6 Å². The van der Waals surface area contributed by atoms with Gasteiger partial charge in [0.15, 0.2) is 0 Å². The third-order valence-electron chi connectivity index (χ3n) is 8.08. The molecule has 0 aliphatic heterocycles. The Morgan fingerprint density at radius 3 is 2.26 bits per heavy atom. The quantitative estimate of drug-likeness (QED) is 0.242. The van der Waals surface area contributed by atoms with Crippen LogP contribution in [0.5, 0.6) is 0 Å². The lowest BCUT2D eigenvalue weighted by Crippen LogP contribution is -2.54. The van der Waals surface area contributed by atoms with Crippen molar-refractivity contribution in [2.45, 2.75) is 82.8 Å². The fraction of sp³-hybridized carbons (Fsp3) is 0.394. The number of anilines is 1. The summed E-state index contributed by atoms with van der Waals surface area (Å²) in [5, 5.41) is 3.96. The monoisotopic (exact) mass is 643 g/mol. The topological polar surface area (TPSA) is 86.8 Å². The number of carbonyl (C=O) groups is 2. The average Bonchev–Trinajstić information content (AvgIpc) is 2.99. The number of hydrogen-bond acceptors (Lipinski definition) is 4. The maximum Gasteiger partial charge on any atom is 0.264 e. The highest BCUT2D eigenvalue weighted by Crippen LogP contribution is 2.28. The first-order valence-electron chi connectivity index (χ1n) is 14.7. The minimum absolute atomic E-state index is 0.0115. The van der Waals surface area contributed by atoms with E-state index in [4.69, 9.17) is 23.2 Å². The summed E-state index contributed by atoms with van der Waals surface area (Å²) in [7, 11) is -4.13. The number of nitrogens with zero attached hydrogens (tertiary/aromatic N) is 2. The molecule has 2 amide bonds. The van der Waals surface area contributed by atoms with E-state index in [0.29, 0.717) is 27.7 Å². The average molecular weight is 645 g/mol. The van der Waals surface area contributed by atoms with Crippen molar-refractivity contribution in [1.82, 2.24) is 10.2 Å². The number of nitrogens with one attached hydrogen (secondary N) is 1. The summed E-state index contributed by atoms with van der Waals surface area (Å²) in [4.78, 5) is 29.5. The number of rotatable bonds is 11. The second kappa shape index (κ2) is 14.6. The Morgan fingerprint density at radius 2 is 1.63 bits per heavy atom. The van der Waals surface area contributed by atoms with Crippen molar-refractivity contribution in [2.75, 3.05) is 10.8 Å². The smallest absolute Gasteiger partial charge is 0.264 e. The van der Waals surface area contributed by atoms with Crippen molar-refractivity contribution in [1.29, 1.82) is 0 Å². The Kier molecular flexibility index (Phi) is 11.2. The highest BCUT2D eigenvalue weighted by Gasteiger charge is 2.34. The summed E-state index contributed by atoms with van der Waals surface area (Å²) in [6.07, 6.45) is 5.38. The van der Waals surface area contributed by atoms with Gasteiger partial charge in [0.25, 0.3) is 10.0 Å². The molecule has 1 fully saturated rings. The van der Waals surface area contributed by atoms with Crippen LogP contribution >= 0.6 is 23.2 Å². The van der Waals surface area contributed by atoms with Crippen molar-refractivity contribution < 1.29 is 18.0 Å². The lowest BCUT2D eigenvalue weighted by atomic mass is 9.95. The van der Waals surface area contributed by atoms with E-state index in [1.165, 1.54) is 17.0 Å². The van der Waals surface area contributed by atoms with Gasteiger partial charge in [0.1, 0.15) is 12.6 Å². The SMILES string of the molecule is CCC(C(=O)NC1CCCCC1)N(Cc1ccc(Cl)cc1Cl)C(=O)CN(c1ccc(C)c(C)c1)S(=O)(=O)c1ccccc1. The molecule has 10 heteroatoms. The molecule has 43 heavy (non-hydrogen) atoms. The van der Waals surface area contributed by atoms with Crippen LogP contribution in [0.15, 0.2) is 71.6 Å². The van der Waals surface area contributed by atoms with Crippen LogP contribution in [0, 0.1) is 13.8 Å². The molecule has 3 aromatic rings. The molecule has 1 aliphatic carbocycles. The summed E-state index contributed by atoms with van der Waals surface area (Å²) in [6.45, 7) is 5.19. The van der Waals surface area contributed by atoms with E-state index in [9.17, 15) is 18.0 Å². The Labute approximate surface area is 265 Å². The Hall–Kier alpha value is -3.07. The molecular formula is C33H39Cl2N3O4S. The molecule has 1 N–H and O–H groups in total. The first-order valence-corrected chi connectivity index (χ1v) is 16.9. The van der Waals surface area contributed by atoms with E-state index >= 15 is 0 Å². The van der Waals surface area contributed by atoms with Gasteiger partial charge in [-0.2, -0.15) is 0 Å². The van der Waals surface area contributed by atoms with Crippen LogP contribution in [-0.2, 0) is 26.2 Å². The Bertz CT molecular complexity index is 1540. The molecular weight excluding hydrogens is 605 g/mol. The highest BCUT2D eigenvalue weighted by atomic mass is 35.5. The summed E-state index contributed by atoms with van der Waals surface area (Å²) >= 11 is 12.6. The van der Waals surface area contributed by atoms with Crippen molar-refractivity contribution >= 4 is 50.7 Å². The van der Waals surface area contributed by atoms with Crippen molar-refractivity contribution in [2.24, 2.45) is 0 Å². The van der Waals surface area contributed by atoms with E-state index < -0.39 is 28.5 Å². The first-order chi connectivity index (χ1) is 20.5. The molecule has 0 radical (unpaired) electrons. The van der Waals surface area contributed by atoms with Gasteiger partial charge in [0.2, 0.25) is 11.8 Å². The van der Waals surface area contributed by atoms with Gasteiger partial charge in [0, 0.05) is 22.6 Å². The predicted octanol–water partition coefficient (Wildman–Crippen LogP) is 7.06. The molecule has 0 spiro atoms. The van der Waals surface area contributed by atoms with E-state index in [1.54, 1.807) is 48.5 Å².